The maximum absolute atomic E-state index is 5.64. The summed E-state index contributed by atoms with van der Waals surface area (Å²) in [6.45, 7) is 6.59. The van der Waals surface area contributed by atoms with Gasteiger partial charge in [0.05, 0.1) is 6.10 Å². The predicted octanol–water partition coefficient (Wildman–Crippen LogP) is 2.19. The molecule has 0 radical (unpaired) electrons. The van der Waals surface area contributed by atoms with Crippen LogP contribution in [0.1, 0.15) is 24.5 Å². The fourth-order valence-corrected chi connectivity index (χ4v) is 3.35. The van der Waals surface area contributed by atoms with Crippen LogP contribution in [0.25, 0.3) is 0 Å². The molecule has 2 aliphatic heterocycles. The molecule has 0 aliphatic carbocycles. The van der Waals surface area contributed by atoms with Crippen molar-refractivity contribution in [1.29, 1.82) is 0 Å². The van der Waals surface area contributed by atoms with E-state index < -0.39 is 0 Å². The maximum Gasteiger partial charge on any atom is 0.0772 e. The summed E-state index contributed by atoms with van der Waals surface area (Å²) in [6.07, 6.45) is 2.73. The van der Waals surface area contributed by atoms with E-state index in [1.807, 2.05) is 7.11 Å². The van der Waals surface area contributed by atoms with Crippen LogP contribution in [0.5, 0.6) is 0 Å². The number of ether oxygens (including phenoxy) is 1. The molecule has 0 aromatic heterocycles. The van der Waals surface area contributed by atoms with Gasteiger partial charge >= 0.3 is 0 Å². The molecule has 0 saturated carbocycles. The molecule has 1 aromatic rings. The van der Waals surface area contributed by atoms with E-state index in [-0.39, 0.29) is 0 Å². The Labute approximate surface area is 115 Å². The largest absolute Gasteiger partial charge is 0.379 e. The van der Waals surface area contributed by atoms with Gasteiger partial charge in [0, 0.05) is 32.4 Å². The minimum Gasteiger partial charge on any atom is -0.379 e. The number of methoxy groups -OCH3 is 1. The number of anilines is 1. The van der Waals surface area contributed by atoms with Gasteiger partial charge in [-0.05, 0) is 42.5 Å². The summed E-state index contributed by atoms with van der Waals surface area (Å²) in [5.41, 5.74) is 4.43. The van der Waals surface area contributed by atoms with Crippen molar-refractivity contribution in [2.45, 2.75) is 32.4 Å². The Morgan fingerprint density at radius 3 is 3.11 bits per heavy atom. The molecule has 1 aromatic carbocycles. The molecule has 3 rings (SSSR count). The SMILES string of the molecule is COC1CN(c2cccc3c2CNCC3)CCC1C. The highest BCUT2D eigenvalue weighted by Crippen LogP contribution is 2.30. The third kappa shape index (κ3) is 2.49. The Balaban J connectivity index is 1.86. The second-order valence-corrected chi connectivity index (χ2v) is 5.83. The van der Waals surface area contributed by atoms with Gasteiger partial charge in [-0.25, -0.2) is 0 Å². The maximum atomic E-state index is 5.64. The molecule has 3 heteroatoms. The normalized spacial score (nSPS) is 27.2. The Kier molecular flexibility index (Phi) is 3.76. The van der Waals surface area contributed by atoms with Gasteiger partial charge in [-0.1, -0.05) is 19.1 Å². The van der Waals surface area contributed by atoms with Crippen LogP contribution in [0.3, 0.4) is 0 Å². The number of piperidine rings is 1. The van der Waals surface area contributed by atoms with Crippen LogP contribution in [0.2, 0.25) is 0 Å². The summed E-state index contributed by atoms with van der Waals surface area (Å²) in [7, 11) is 1.84. The zero-order chi connectivity index (χ0) is 13.2. The second-order valence-electron chi connectivity index (χ2n) is 5.83. The summed E-state index contributed by atoms with van der Waals surface area (Å²) < 4.78 is 5.64. The number of nitrogens with one attached hydrogen (secondary N) is 1. The third-order valence-corrected chi connectivity index (χ3v) is 4.65. The minimum absolute atomic E-state index is 0.362. The highest BCUT2D eigenvalue weighted by atomic mass is 16.5. The van der Waals surface area contributed by atoms with Gasteiger partial charge in [0.25, 0.3) is 0 Å². The van der Waals surface area contributed by atoms with Crippen molar-refractivity contribution >= 4 is 5.69 Å². The number of fused-ring (bicyclic) bond motifs is 1. The summed E-state index contributed by atoms with van der Waals surface area (Å²) in [5.74, 6) is 0.666. The average Bonchev–Trinajstić information content (AvgIpc) is 2.47. The molecule has 1 fully saturated rings. The van der Waals surface area contributed by atoms with Crippen LogP contribution in [-0.2, 0) is 17.7 Å². The van der Waals surface area contributed by atoms with Crippen molar-refractivity contribution in [2.75, 3.05) is 31.6 Å². The molecular weight excluding hydrogens is 236 g/mol. The number of benzene rings is 1. The fourth-order valence-electron chi connectivity index (χ4n) is 3.35. The predicted molar refractivity (Wildman–Crippen MR) is 78.6 cm³/mol. The highest BCUT2D eigenvalue weighted by molar-refractivity contribution is 5.58. The van der Waals surface area contributed by atoms with Crippen molar-refractivity contribution in [3.05, 3.63) is 29.3 Å². The standard InChI is InChI=1S/C16H24N2O/c1-12-7-9-18(11-16(12)19-2)15-5-3-4-13-6-8-17-10-14(13)15/h3-5,12,16-17H,6-11H2,1-2H3. The van der Waals surface area contributed by atoms with E-state index in [4.69, 9.17) is 4.74 Å². The van der Waals surface area contributed by atoms with Crippen LogP contribution in [-0.4, -0.2) is 32.8 Å². The molecule has 2 heterocycles. The van der Waals surface area contributed by atoms with Crippen molar-refractivity contribution in [3.63, 3.8) is 0 Å². The van der Waals surface area contributed by atoms with Gasteiger partial charge in [-0.2, -0.15) is 0 Å². The molecule has 19 heavy (non-hydrogen) atoms. The van der Waals surface area contributed by atoms with Crippen LogP contribution in [0, 0.1) is 5.92 Å². The van der Waals surface area contributed by atoms with E-state index in [2.05, 4.69) is 35.3 Å². The van der Waals surface area contributed by atoms with Crippen molar-refractivity contribution < 1.29 is 4.74 Å². The first-order chi connectivity index (χ1) is 9.29. The lowest BCUT2D eigenvalue weighted by Gasteiger charge is -2.39. The monoisotopic (exact) mass is 260 g/mol. The first-order valence-corrected chi connectivity index (χ1v) is 7.39. The van der Waals surface area contributed by atoms with Crippen LogP contribution in [0.15, 0.2) is 18.2 Å². The molecule has 2 atom stereocenters. The zero-order valence-electron chi connectivity index (χ0n) is 12.0. The smallest absolute Gasteiger partial charge is 0.0772 e. The lowest BCUT2D eigenvalue weighted by molar-refractivity contribution is 0.0498. The minimum atomic E-state index is 0.362. The summed E-state index contributed by atoms with van der Waals surface area (Å²) in [4.78, 5) is 2.51. The van der Waals surface area contributed by atoms with E-state index in [9.17, 15) is 0 Å². The Morgan fingerprint density at radius 2 is 2.26 bits per heavy atom. The van der Waals surface area contributed by atoms with Gasteiger partial charge < -0.3 is 15.0 Å². The number of hydrogen-bond acceptors (Lipinski definition) is 3. The van der Waals surface area contributed by atoms with Gasteiger partial charge in [-0.3, -0.25) is 0 Å². The van der Waals surface area contributed by atoms with E-state index in [0.717, 1.165) is 32.6 Å². The zero-order valence-corrected chi connectivity index (χ0v) is 12.0. The highest BCUT2D eigenvalue weighted by Gasteiger charge is 2.27. The molecular formula is C16H24N2O. The molecule has 3 nitrogen and oxygen atoms in total. The number of hydrogen-bond donors (Lipinski definition) is 1. The van der Waals surface area contributed by atoms with E-state index in [1.165, 1.54) is 23.2 Å². The van der Waals surface area contributed by atoms with Crippen LogP contribution >= 0.6 is 0 Å². The lowest BCUT2D eigenvalue weighted by atomic mass is 9.93. The van der Waals surface area contributed by atoms with Gasteiger partial charge in [-0.15, -0.1) is 0 Å². The quantitative estimate of drug-likeness (QED) is 0.882. The topological polar surface area (TPSA) is 24.5 Å². The van der Waals surface area contributed by atoms with Crippen LogP contribution < -0.4 is 10.2 Å². The Morgan fingerprint density at radius 1 is 1.37 bits per heavy atom. The number of nitrogens with zero attached hydrogens (tertiary/aromatic N) is 1. The summed E-state index contributed by atoms with van der Waals surface area (Å²) in [5, 5.41) is 3.50. The molecule has 0 spiro atoms. The number of rotatable bonds is 2. The second kappa shape index (κ2) is 5.51. The molecule has 0 amide bonds. The van der Waals surface area contributed by atoms with Crippen molar-refractivity contribution in [1.82, 2.24) is 5.32 Å². The van der Waals surface area contributed by atoms with Gasteiger partial charge in [0.2, 0.25) is 0 Å². The summed E-state index contributed by atoms with van der Waals surface area (Å²) in [6, 6.07) is 6.76. The van der Waals surface area contributed by atoms with E-state index in [0.29, 0.717) is 12.0 Å². The van der Waals surface area contributed by atoms with Crippen molar-refractivity contribution in [3.8, 4) is 0 Å². The van der Waals surface area contributed by atoms with E-state index in [1.54, 1.807) is 0 Å². The Bertz CT molecular complexity index is 446. The molecule has 104 valence electrons. The first-order valence-electron chi connectivity index (χ1n) is 7.39. The van der Waals surface area contributed by atoms with Gasteiger partial charge in [0.1, 0.15) is 0 Å². The van der Waals surface area contributed by atoms with E-state index >= 15 is 0 Å². The molecule has 2 aliphatic rings. The molecule has 1 saturated heterocycles. The lowest BCUT2D eigenvalue weighted by Crippen LogP contribution is -2.44. The Hall–Kier alpha value is -1.06. The average molecular weight is 260 g/mol. The third-order valence-electron chi connectivity index (χ3n) is 4.65. The molecule has 2 unspecified atom stereocenters. The molecule has 1 N–H and O–H groups in total. The van der Waals surface area contributed by atoms with Crippen molar-refractivity contribution in [2.24, 2.45) is 5.92 Å². The van der Waals surface area contributed by atoms with Gasteiger partial charge in [0.15, 0.2) is 0 Å². The summed E-state index contributed by atoms with van der Waals surface area (Å²) >= 11 is 0. The van der Waals surface area contributed by atoms with Crippen LogP contribution in [0.4, 0.5) is 5.69 Å². The fraction of sp³-hybridized carbons (Fsp3) is 0.625. The first kappa shape index (κ1) is 12.9. The molecule has 0 bridgehead atoms.